The maximum absolute atomic E-state index is 5.46. The van der Waals surface area contributed by atoms with Crippen LogP contribution in [-0.2, 0) is 13.0 Å². The van der Waals surface area contributed by atoms with Crippen LogP contribution in [-0.4, -0.2) is 16.6 Å². The number of aromatic nitrogens is 2. The molecule has 102 valence electrons. The molecule has 0 fully saturated rings. The molecule has 0 atom stereocenters. The molecule has 0 spiro atoms. The third kappa shape index (κ3) is 3.98. The second-order valence-electron chi connectivity index (χ2n) is 4.12. The van der Waals surface area contributed by atoms with Crippen molar-refractivity contribution in [2.75, 3.05) is 11.9 Å². The van der Waals surface area contributed by atoms with Gasteiger partial charge in [-0.1, -0.05) is 6.92 Å². The monoisotopic (exact) mass is 261 g/mol. The number of anilines is 1. The molecule has 19 heavy (non-hydrogen) atoms. The van der Waals surface area contributed by atoms with Crippen LogP contribution in [0.25, 0.3) is 0 Å². The third-order valence-electron chi connectivity index (χ3n) is 2.54. The highest BCUT2D eigenvalue weighted by atomic mass is 16.5. The summed E-state index contributed by atoms with van der Waals surface area (Å²) >= 11 is 0. The largest absolute Gasteiger partial charge is 0.478 e. The molecular weight excluding hydrogens is 242 g/mol. The highest BCUT2D eigenvalue weighted by Crippen LogP contribution is 2.15. The highest BCUT2D eigenvalue weighted by Gasteiger charge is 2.05. The number of ether oxygens (including phenoxy) is 1. The predicted octanol–water partition coefficient (Wildman–Crippen LogP) is 3.03. The molecule has 5 heteroatoms. The van der Waals surface area contributed by atoms with E-state index in [4.69, 9.17) is 9.15 Å². The van der Waals surface area contributed by atoms with E-state index in [0.717, 1.165) is 30.2 Å². The predicted molar refractivity (Wildman–Crippen MR) is 73.2 cm³/mol. The number of furan rings is 1. The molecule has 0 amide bonds. The first-order chi connectivity index (χ1) is 9.31. The quantitative estimate of drug-likeness (QED) is 0.830. The van der Waals surface area contributed by atoms with Crippen LogP contribution in [0.1, 0.15) is 31.9 Å². The molecule has 1 N–H and O–H groups in total. The van der Waals surface area contributed by atoms with Crippen molar-refractivity contribution in [2.24, 2.45) is 0 Å². The van der Waals surface area contributed by atoms with Crippen LogP contribution in [0, 0.1) is 0 Å². The molecule has 0 radical (unpaired) electrons. The average Bonchev–Trinajstić information content (AvgIpc) is 2.90. The van der Waals surface area contributed by atoms with Crippen LogP contribution in [0.15, 0.2) is 28.9 Å². The molecule has 2 rings (SSSR count). The van der Waals surface area contributed by atoms with Gasteiger partial charge < -0.3 is 14.5 Å². The topological polar surface area (TPSA) is 60.2 Å². The molecule has 0 saturated heterocycles. The zero-order valence-electron chi connectivity index (χ0n) is 11.3. The van der Waals surface area contributed by atoms with Crippen LogP contribution in [0.4, 0.5) is 5.82 Å². The van der Waals surface area contributed by atoms with Gasteiger partial charge in [0.15, 0.2) is 0 Å². The molecule has 0 aliphatic carbocycles. The van der Waals surface area contributed by atoms with Gasteiger partial charge >= 0.3 is 0 Å². The van der Waals surface area contributed by atoms with Crippen molar-refractivity contribution >= 4 is 5.82 Å². The molecule has 2 aromatic rings. The number of hydrogen-bond donors (Lipinski definition) is 1. The van der Waals surface area contributed by atoms with Crippen LogP contribution < -0.4 is 10.1 Å². The van der Waals surface area contributed by atoms with Crippen molar-refractivity contribution in [1.82, 2.24) is 9.97 Å². The Morgan fingerprint density at radius 3 is 2.89 bits per heavy atom. The summed E-state index contributed by atoms with van der Waals surface area (Å²) in [6.07, 6.45) is 3.51. The van der Waals surface area contributed by atoms with Gasteiger partial charge in [0.1, 0.15) is 17.4 Å². The van der Waals surface area contributed by atoms with Gasteiger partial charge in [-0.15, -0.1) is 0 Å². The number of nitrogens with one attached hydrogen (secondary N) is 1. The fourth-order valence-electron chi connectivity index (χ4n) is 1.71. The van der Waals surface area contributed by atoms with E-state index in [2.05, 4.69) is 22.2 Å². The zero-order chi connectivity index (χ0) is 13.5. The Labute approximate surface area is 113 Å². The lowest BCUT2D eigenvalue weighted by molar-refractivity contribution is 0.325. The van der Waals surface area contributed by atoms with Gasteiger partial charge in [0, 0.05) is 12.5 Å². The summed E-state index contributed by atoms with van der Waals surface area (Å²) in [5.74, 6) is 3.05. The Kier molecular flexibility index (Phi) is 4.78. The van der Waals surface area contributed by atoms with E-state index in [0.29, 0.717) is 19.0 Å². The maximum atomic E-state index is 5.46. The molecule has 2 heterocycles. The summed E-state index contributed by atoms with van der Waals surface area (Å²) < 4.78 is 10.7. The lowest BCUT2D eigenvalue weighted by Crippen LogP contribution is -2.06. The molecule has 2 aromatic heterocycles. The molecule has 0 aliphatic heterocycles. The van der Waals surface area contributed by atoms with Gasteiger partial charge in [0.25, 0.3) is 0 Å². The summed E-state index contributed by atoms with van der Waals surface area (Å²) in [6, 6.07) is 5.60. The highest BCUT2D eigenvalue weighted by molar-refractivity contribution is 5.38. The summed E-state index contributed by atoms with van der Waals surface area (Å²) in [7, 11) is 0. The van der Waals surface area contributed by atoms with Crippen molar-refractivity contribution in [3.8, 4) is 5.88 Å². The van der Waals surface area contributed by atoms with Crippen molar-refractivity contribution in [3.63, 3.8) is 0 Å². The van der Waals surface area contributed by atoms with E-state index in [9.17, 15) is 0 Å². The summed E-state index contributed by atoms with van der Waals surface area (Å²) in [5.41, 5.74) is 0. The van der Waals surface area contributed by atoms with E-state index in [1.54, 1.807) is 6.26 Å². The smallest absolute Gasteiger partial charge is 0.218 e. The second kappa shape index (κ2) is 6.78. The fourth-order valence-corrected chi connectivity index (χ4v) is 1.71. The minimum absolute atomic E-state index is 0.597. The van der Waals surface area contributed by atoms with Gasteiger partial charge in [0.2, 0.25) is 5.88 Å². The molecule has 0 bridgehead atoms. The zero-order valence-corrected chi connectivity index (χ0v) is 11.3. The first kappa shape index (κ1) is 13.4. The molecular formula is C14H19N3O2. The number of aryl methyl sites for hydroxylation is 1. The van der Waals surface area contributed by atoms with Gasteiger partial charge in [0.05, 0.1) is 19.4 Å². The van der Waals surface area contributed by atoms with Crippen molar-refractivity contribution in [3.05, 3.63) is 36.0 Å². The Morgan fingerprint density at radius 2 is 2.21 bits per heavy atom. The Balaban J connectivity index is 2.08. The van der Waals surface area contributed by atoms with E-state index < -0.39 is 0 Å². The van der Waals surface area contributed by atoms with E-state index in [1.165, 1.54) is 0 Å². The maximum Gasteiger partial charge on any atom is 0.218 e. The molecule has 0 unspecified atom stereocenters. The molecule has 0 aliphatic rings. The number of hydrogen-bond acceptors (Lipinski definition) is 5. The Hall–Kier alpha value is -2.04. The minimum atomic E-state index is 0.597. The van der Waals surface area contributed by atoms with E-state index in [1.807, 2.05) is 25.1 Å². The fraction of sp³-hybridized carbons (Fsp3) is 0.429. The van der Waals surface area contributed by atoms with Crippen LogP contribution in [0.3, 0.4) is 0 Å². The van der Waals surface area contributed by atoms with Gasteiger partial charge in [-0.2, -0.15) is 4.98 Å². The first-order valence-electron chi connectivity index (χ1n) is 6.58. The van der Waals surface area contributed by atoms with Crippen LogP contribution in [0.2, 0.25) is 0 Å². The normalized spacial score (nSPS) is 10.4. The van der Waals surface area contributed by atoms with Crippen molar-refractivity contribution in [1.29, 1.82) is 0 Å². The number of nitrogens with zero attached hydrogens (tertiary/aromatic N) is 2. The molecule has 0 saturated carbocycles. The van der Waals surface area contributed by atoms with Gasteiger partial charge in [-0.25, -0.2) is 4.98 Å². The van der Waals surface area contributed by atoms with Crippen molar-refractivity contribution < 1.29 is 9.15 Å². The standard InChI is InChI=1S/C14H19N3O2/c1-3-6-12-16-13(9-14(17-12)18-4-2)15-10-11-7-5-8-19-11/h5,7-9H,3-4,6,10H2,1-2H3,(H,15,16,17). The lowest BCUT2D eigenvalue weighted by Gasteiger charge is -2.09. The minimum Gasteiger partial charge on any atom is -0.478 e. The van der Waals surface area contributed by atoms with Crippen LogP contribution >= 0.6 is 0 Å². The summed E-state index contributed by atoms with van der Waals surface area (Å²) in [6.45, 7) is 5.24. The van der Waals surface area contributed by atoms with Gasteiger partial charge in [-0.3, -0.25) is 0 Å². The molecule has 0 aromatic carbocycles. The SMILES string of the molecule is CCCc1nc(NCc2ccco2)cc(OCC)n1. The summed E-state index contributed by atoms with van der Waals surface area (Å²) in [4.78, 5) is 8.82. The van der Waals surface area contributed by atoms with Crippen LogP contribution in [0.5, 0.6) is 5.88 Å². The van der Waals surface area contributed by atoms with Crippen molar-refractivity contribution in [2.45, 2.75) is 33.2 Å². The second-order valence-corrected chi connectivity index (χ2v) is 4.12. The molecule has 5 nitrogen and oxygen atoms in total. The Morgan fingerprint density at radius 1 is 1.32 bits per heavy atom. The summed E-state index contributed by atoms with van der Waals surface area (Å²) in [5, 5.41) is 3.22. The Bertz CT molecular complexity index is 473. The lowest BCUT2D eigenvalue weighted by atomic mass is 10.3. The first-order valence-corrected chi connectivity index (χ1v) is 6.58. The average molecular weight is 261 g/mol. The van der Waals surface area contributed by atoms with E-state index >= 15 is 0 Å². The third-order valence-corrected chi connectivity index (χ3v) is 2.54. The number of rotatable bonds is 7. The van der Waals surface area contributed by atoms with Gasteiger partial charge in [-0.05, 0) is 25.5 Å². The van der Waals surface area contributed by atoms with E-state index in [-0.39, 0.29) is 0 Å².